The van der Waals surface area contributed by atoms with Gasteiger partial charge < -0.3 is 15.0 Å². The third-order valence-corrected chi connectivity index (χ3v) is 6.65. The van der Waals surface area contributed by atoms with E-state index in [2.05, 4.69) is 5.32 Å². The maximum absolute atomic E-state index is 13.1. The molecule has 1 aliphatic rings. The SMILES string of the molecule is COc1ccccc1N1CC(C(=O)Nc2ccccc2-c2nc3ccccc3s2)CC1=O. The van der Waals surface area contributed by atoms with E-state index in [0.717, 1.165) is 20.8 Å². The smallest absolute Gasteiger partial charge is 0.229 e. The highest BCUT2D eigenvalue weighted by Gasteiger charge is 2.36. The van der Waals surface area contributed by atoms with Crippen LogP contribution in [0.15, 0.2) is 72.8 Å². The molecular formula is C25H21N3O3S. The van der Waals surface area contributed by atoms with Gasteiger partial charge in [-0.25, -0.2) is 4.98 Å². The lowest BCUT2D eigenvalue weighted by Crippen LogP contribution is -2.28. The molecule has 1 aliphatic heterocycles. The van der Waals surface area contributed by atoms with Crippen molar-refractivity contribution in [1.82, 2.24) is 4.98 Å². The zero-order valence-corrected chi connectivity index (χ0v) is 18.3. The van der Waals surface area contributed by atoms with Crippen molar-refractivity contribution in [2.45, 2.75) is 6.42 Å². The number of benzene rings is 3. The third kappa shape index (κ3) is 3.71. The minimum Gasteiger partial charge on any atom is -0.495 e. The molecule has 4 aromatic rings. The molecule has 0 saturated carbocycles. The molecule has 0 spiro atoms. The summed E-state index contributed by atoms with van der Waals surface area (Å²) >= 11 is 1.59. The number of ether oxygens (including phenoxy) is 1. The van der Waals surface area contributed by atoms with Crippen molar-refractivity contribution in [2.24, 2.45) is 5.92 Å². The average molecular weight is 444 g/mol. The minimum absolute atomic E-state index is 0.0888. The first kappa shape index (κ1) is 20.2. The second-order valence-electron chi connectivity index (χ2n) is 7.60. The molecule has 0 radical (unpaired) electrons. The number of amides is 2. The van der Waals surface area contributed by atoms with E-state index >= 15 is 0 Å². The summed E-state index contributed by atoms with van der Waals surface area (Å²) in [5.74, 6) is -0.0997. The largest absolute Gasteiger partial charge is 0.495 e. The van der Waals surface area contributed by atoms with Gasteiger partial charge in [0.2, 0.25) is 11.8 Å². The highest BCUT2D eigenvalue weighted by molar-refractivity contribution is 7.21. The van der Waals surface area contributed by atoms with Crippen LogP contribution in [0.5, 0.6) is 5.75 Å². The third-order valence-electron chi connectivity index (χ3n) is 5.58. The van der Waals surface area contributed by atoms with Crippen molar-refractivity contribution in [3.05, 3.63) is 72.8 Å². The molecule has 1 saturated heterocycles. The fraction of sp³-hybridized carbons (Fsp3) is 0.160. The number of carbonyl (C=O) groups excluding carboxylic acids is 2. The Balaban J connectivity index is 1.38. The average Bonchev–Trinajstić information content (AvgIpc) is 3.43. The normalized spacial score (nSPS) is 15.8. The van der Waals surface area contributed by atoms with Crippen molar-refractivity contribution in [1.29, 1.82) is 0 Å². The fourth-order valence-corrected chi connectivity index (χ4v) is 4.97. The number of nitrogens with zero attached hydrogens (tertiary/aromatic N) is 2. The second kappa shape index (κ2) is 8.43. The first-order chi connectivity index (χ1) is 15.6. The molecule has 2 amide bonds. The molecule has 1 atom stereocenters. The molecule has 2 heterocycles. The summed E-state index contributed by atoms with van der Waals surface area (Å²) in [6.07, 6.45) is 0.160. The first-order valence-corrected chi connectivity index (χ1v) is 11.1. The number of carbonyl (C=O) groups is 2. The molecule has 3 aromatic carbocycles. The summed E-state index contributed by atoms with van der Waals surface area (Å²) in [5, 5.41) is 3.88. The van der Waals surface area contributed by atoms with Crippen LogP contribution in [0.4, 0.5) is 11.4 Å². The first-order valence-electron chi connectivity index (χ1n) is 10.3. The van der Waals surface area contributed by atoms with Crippen LogP contribution in [0.1, 0.15) is 6.42 Å². The maximum Gasteiger partial charge on any atom is 0.229 e. The number of anilines is 2. The summed E-state index contributed by atoms with van der Waals surface area (Å²) in [4.78, 5) is 32.1. The molecule has 0 bridgehead atoms. The van der Waals surface area contributed by atoms with Gasteiger partial charge >= 0.3 is 0 Å². The van der Waals surface area contributed by atoms with Gasteiger partial charge in [-0.2, -0.15) is 0 Å². The molecule has 1 fully saturated rings. The monoisotopic (exact) mass is 443 g/mol. The lowest BCUT2D eigenvalue weighted by Gasteiger charge is -2.19. The zero-order chi connectivity index (χ0) is 22.1. The van der Waals surface area contributed by atoms with E-state index in [0.29, 0.717) is 23.7 Å². The number of rotatable bonds is 5. The van der Waals surface area contributed by atoms with Gasteiger partial charge in [-0.15, -0.1) is 11.3 Å². The molecule has 5 rings (SSSR count). The fourth-order valence-electron chi connectivity index (χ4n) is 3.97. The van der Waals surface area contributed by atoms with Crippen LogP contribution in [0.25, 0.3) is 20.8 Å². The topological polar surface area (TPSA) is 71.5 Å². The predicted octanol–water partition coefficient (Wildman–Crippen LogP) is 4.96. The van der Waals surface area contributed by atoms with Gasteiger partial charge in [0.1, 0.15) is 10.8 Å². The Morgan fingerprint density at radius 1 is 1.06 bits per heavy atom. The Morgan fingerprint density at radius 3 is 2.66 bits per heavy atom. The van der Waals surface area contributed by atoms with Crippen molar-refractivity contribution in [3.63, 3.8) is 0 Å². The number of fused-ring (bicyclic) bond motifs is 1. The van der Waals surface area contributed by atoms with E-state index in [4.69, 9.17) is 9.72 Å². The second-order valence-corrected chi connectivity index (χ2v) is 8.63. The van der Waals surface area contributed by atoms with Gasteiger partial charge in [-0.3, -0.25) is 9.59 Å². The number of aromatic nitrogens is 1. The Hall–Kier alpha value is -3.71. The van der Waals surface area contributed by atoms with Crippen LogP contribution in [0, 0.1) is 5.92 Å². The molecule has 1 unspecified atom stereocenters. The van der Waals surface area contributed by atoms with Gasteiger partial charge in [0.25, 0.3) is 0 Å². The van der Waals surface area contributed by atoms with Gasteiger partial charge in [-0.1, -0.05) is 36.4 Å². The van der Waals surface area contributed by atoms with Crippen LogP contribution in [-0.4, -0.2) is 30.5 Å². The maximum atomic E-state index is 13.1. The highest BCUT2D eigenvalue weighted by atomic mass is 32.1. The number of thiazole rings is 1. The van der Waals surface area contributed by atoms with Crippen molar-refractivity contribution >= 4 is 44.7 Å². The van der Waals surface area contributed by atoms with Crippen molar-refractivity contribution < 1.29 is 14.3 Å². The van der Waals surface area contributed by atoms with E-state index in [1.54, 1.807) is 23.3 Å². The molecule has 6 nitrogen and oxygen atoms in total. The van der Waals surface area contributed by atoms with Gasteiger partial charge in [0.05, 0.1) is 34.6 Å². The van der Waals surface area contributed by atoms with Gasteiger partial charge in [-0.05, 0) is 36.4 Å². The van der Waals surface area contributed by atoms with E-state index in [-0.39, 0.29) is 18.2 Å². The highest BCUT2D eigenvalue weighted by Crippen LogP contribution is 2.36. The standard InChI is InChI=1S/C25H21N3O3S/c1-31-21-12-6-5-11-20(21)28-15-16(14-23(28)29)24(30)26-18-9-3-2-8-17(18)25-27-19-10-4-7-13-22(19)32-25/h2-13,16H,14-15H2,1H3,(H,26,30). The van der Waals surface area contributed by atoms with E-state index in [1.807, 2.05) is 72.8 Å². The molecule has 1 N–H and O–H groups in total. The Morgan fingerprint density at radius 2 is 1.81 bits per heavy atom. The lowest BCUT2D eigenvalue weighted by molar-refractivity contribution is -0.122. The lowest BCUT2D eigenvalue weighted by atomic mass is 10.1. The van der Waals surface area contributed by atoms with Crippen molar-refractivity contribution in [2.75, 3.05) is 23.9 Å². The van der Waals surface area contributed by atoms with Gasteiger partial charge in [0, 0.05) is 18.5 Å². The zero-order valence-electron chi connectivity index (χ0n) is 17.4. The van der Waals surface area contributed by atoms with Crippen LogP contribution in [0.2, 0.25) is 0 Å². The Kier molecular flexibility index (Phi) is 5.33. The summed E-state index contributed by atoms with van der Waals surface area (Å²) in [7, 11) is 1.57. The number of methoxy groups -OCH3 is 1. The molecule has 7 heteroatoms. The summed E-state index contributed by atoms with van der Waals surface area (Å²) in [5.41, 5.74) is 3.18. The predicted molar refractivity (Wildman–Crippen MR) is 127 cm³/mol. The molecule has 160 valence electrons. The Bertz CT molecular complexity index is 1280. The number of nitrogens with one attached hydrogen (secondary N) is 1. The van der Waals surface area contributed by atoms with Crippen LogP contribution >= 0.6 is 11.3 Å². The van der Waals surface area contributed by atoms with Crippen LogP contribution in [-0.2, 0) is 9.59 Å². The molecular weight excluding hydrogens is 422 g/mol. The number of para-hydroxylation sites is 4. The van der Waals surface area contributed by atoms with Gasteiger partial charge in [0.15, 0.2) is 0 Å². The minimum atomic E-state index is -0.448. The van der Waals surface area contributed by atoms with E-state index in [9.17, 15) is 9.59 Å². The van der Waals surface area contributed by atoms with E-state index < -0.39 is 5.92 Å². The number of hydrogen-bond acceptors (Lipinski definition) is 5. The summed E-state index contributed by atoms with van der Waals surface area (Å²) < 4.78 is 6.48. The van der Waals surface area contributed by atoms with Crippen molar-refractivity contribution in [3.8, 4) is 16.3 Å². The summed E-state index contributed by atoms with van der Waals surface area (Å²) in [6, 6.07) is 23.0. The number of hydrogen-bond donors (Lipinski definition) is 1. The Labute approximate surface area is 189 Å². The quantitative estimate of drug-likeness (QED) is 0.473. The molecule has 0 aliphatic carbocycles. The van der Waals surface area contributed by atoms with Crippen LogP contribution < -0.4 is 15.0 Å². The van der Waals surface area contributed by atoms with E-state index in [1.165, 1.54) is 0 Å². The molecule has 32 heavy (non-hydrogen) atoms. The van der Waals surface area contributed by atoms with Crippen LogP contribution in [0.3, 0.4) is 0 Å². The molecule has 1 aromatic heterocycles. The summed E-state index contributed by atoms with van der Waals surface area (Å²) in [6.45, 7) is 0.314.